The number of rotatable bonds is 7. The lowest BCUT2D eigenvalue weighted by Gasteiger charge is -2.06. The number of nitrogens with one attached hydrogen (secondary N) is 1. The molecule has 0 aliphatic carbocycles. The minimum Gasteiger partial charge on any atom is -0.355 e. The van der Waals surface area contributed by atoms with Gasteiger partial charge in [-0.05, 0) is 37.1 Å². The van der Waals surface area contributed by atoms with Crippen molar-refractivity contribution in [2.24, 2.45) is 0 Å². The quantitative estimate of drug-likeness (QED) is 0.618. The van der Waals surface area contributed by atoms with Gasteiger partial charge in [0.2, 0.25) is 5.91 Å². The summed E-state index contributed by atoms with van der Waals surface area (Å²) >= 11 is 1.71. The molecule has 0 heterocycles. The highest BCUT2D eigenvalue weighted by atomic mass is 32.2. The summed E-state index contributed by atoms with van der Waals surface area (Å²) in [5.41, 5.74) is 1.83. The zero-order chi connectivity index (χ0) is 15.8. The number of carbonyl (C=O) groups is 1. The Kier molecular flexibility index (Phi) is 6.46. The Morgan fingerprint density at radius 2 is 1.86 bits per heavy atom. The maximum Gasteiger partial charge on any atom is 0.220 e. The van der Waals surface area contributed by atoms with Crippen LogP contribution in [0.5, 0.6) is 0 Å². The van der Waals surface area contributed by atoms with Gasteiger partial charge < -0.3 is 5.32 Å². The second-order valence-electron chi connectivity index (χ2n) is 5.10. The largest absolute Gasteiger partial charge is 0.355 e. The van der Waals surface area contributed by atoms with Crippen molar-refractivity contribution >= 4 is 17.7 Å². The number of thioether (sulfide) groups is 1. The molecular formula is C18H20FNOS. The van der Waals surface area contributed by atoms with Gasteiger partial charge >= 0.3 is 0 Å². The van der Waals surface area contributed by atoms with Gasteiger partial charge in [-0.25, -0.2) is 4.39 Å². The maximum absolute atomic E-state index is 13.4. The average molecular weight is 317 g/mol. The molecule has 4 heteroatoms. The highest BCUT2D eigenvalue weighted by molar-refractivity contribution is 7.99. The molecule has 0 aliphatic rings. The fraction of sp³-hybridized carbons (Fsp3) is 0.278. The van der Waals surface area contributed by atoms with Crippen LogP contribution in [0.25, 0.3) is 0 Å². The van der Waals surface area contributed by atoms with E-state index in [-0.39, 0.29) is 11.7 Å². The summed E-state index contributed by atoms with van der Waals surface area (Å²) in [4.78, 5) is 12.9. The number of amides is 1. The van der Waals surface area contributed by atoms with Crippen molar-refractivity contribution in [1.82, 2.24) is 5.32 Å². The van der Waals surface area contributed by atoms with E-state index < -0.39 is 0 Å². The Bertz CT molecular complexity index is 613. The number of benzene rings is 2. The molecular weight excluding hydrogens is 297 g/mol. The molecule has 1 N–H and O–H groups in total. The van der Waals surface area contributed by atoms with Crippen molar-refractivity contribution in [3.8, 4) is 0 Å². The lowest BCUT2D eigenvalue weighted by molar-refractivity contribution is -0.120. The van der Waals surface area contributed by atoms with Crippen LogP contribution in [0.4, 0.5) is 4.39 Å². The zero-order valence-electron chi connectivity index (χ0n) is 12.6. The number of aryl methyl sites for hydroxylation is 2. The van der Waals surface area contributed by atoms with Crippen LogP contribution in [0, 0.1) is 12.7 Å². The SMILES string of the molecule is Cc1ccc(SCCNC(=O)CCc2ccccc2F)cc1. The molecule has 0 aliphatic heterocycles. The van der Waals surface area contributed by atoms with Crippen molar-refractivity contribution < 1.29 is 9.18 Å². The minimum atomic E-state index is -0.245. The molecule has 1 amide bonds. The van der Waals surface area contributed by atoms with Gasteiger partial charge in [-0.1, -0.05) is 35.9 Å². The highest BCUT2D eigenvalue weighted by Gasteiger charge is 2.05. The lowest BCUT2D eigenvalue weighted by atomic mass is 10.1. The Morgan fingerprint density at radius 1 is 1.14 bits per heavy atom. The first-order valence-corrected chi connectivity index (χ1v) is 8.33. The molecule has 2 aromatic carbocycles. The van der Waals surface area contributed by atoms with Crippen LogP contribution < -0.4 is 5.32 Å². The van der Waals surface area contributed by atoms with Crippen LogP contribution in [0.1, 0.15) is 17.5 Å². The number of hydrogen-bond donors (Lipinski definition) is 1. The molecule has 0 atom stereocenters. The van der Waals surface area contributed by atoms with Gasteiger partial charge in [0.1, 0.15) is 5.82 Å². The fourth-order valence-electron chi connectivity index (χ4n) is 2.03. The van der Waals surface area contributed by atoms with Crippen LogP contribution in [0.2, 0.25) is 0 Å². The minimum absolute atomic E-state index is 0.0345. The summed E-state index contributed by atoms with van der Waals surface area (Å²) < 4.78 is 13.4. The van der Waals surface area contributed by atoms with E-state index in [0.29, 0.717) is 24.9 Å². The van der Waals surface area contributed by atoms with Gasteiger partial charge in [0.25, 0.3) is 0 Å². The topological polar surface area (TPSA) is 29.1 Å². The van der Waals surface area contributed by atoms with E-state index >= 15 is 0 Å². The average Bonchev–Trinajstić information content (AvgIpc) is 2.52. The van der Waals surface area contributed by atoms with E-state index in [1.54, 1.807) is 30.0 Å². The smallest absolute Gasteiger partial charge is 0.220 e. The van der Waals surface area contributed by atoms with Crippen LogP contribution in [0.15, 0.2) is 53.4 Å². The van der Waals surface area contributed by atoms with Gasteiger partial charge in [0, 0.05) is 23.6 Å². The predicted octanol–water partition coefficient (Wildman–Crippen LogP) is 3.98. The van der Waals surface area contributed by atoms with E-state index in [0.717, 1.165) is 5.75 Å². The Balaban J connectivity index is 1.64. The summed E-state index contributed by atoms with van der Waals surface area (Å²) in [5, 5.41) is 2.87. The van der Waals surface area contributed by atoms with Crippen molar-refractivity contribution in [1.29, 1.82) is 0 Å². The first kappa shape index (κ1) is 16.6. The van der Waals surface area contributed by atoms with E-state index in [1.165, 1.54) is 16.5 Å². The third kappa shape index (κ3) is 5.53. The normalized spacial score (nSPS) is 10.5. The van der Waals surface area contributed by atoms with Gasteiger partial charge in [0.05, 0.1) is 0 Å². The van der Waals surface area contributed by atoms with Gasteiger partial charge in [-0.3, -0.25) is 4.79 Å². The molecule has 0 unspecified atom stereocenters. The molecule has 0 bridgehead atoms. The van der Waals surface area contributed by atoms with Gasteiger partial charge in [-0.15, -0.1) is 11.8 Å². The summed E-state index contributed by atoms with van der Waals surface area (Å²) in [6.07, 6.45) is 0.750. The second-order valence-corrected chi connectivity index (χ2v) is 6.27. The lowest BCUT2D eigenvalue weighted by Crippen LogP contribution is -2.25. The van der Waals surface area contributed by atoms with E-state index in [9.17, 15) is 9.18 Å². The molecule has 22 heavy (non-hydrogen) atoms. The summed E-state index contributed by atoms with van der Waals surface area (Å²) in [7, 11) is 0. The molecule has 0 saturated heterocycles. The van der Waals surface area contributed by atoms with Gasteiger partial charge in [-0.2, -0.15) is 0 Å². The van der Waals surface area contributed by atoms with Crippen molar-refractivity contribution in [2.45, 2.75) is 24.7 Å². The van der Waals surface area contributed by atoms with Crippen LogP contribution in [-0.2, 0) is 11.2 Å². The monoisotopic (exact) mass is 317 g/mol. The Labute approximate surface area is 135 Å². The molecule has 0 spiro atoms. The van der Waals surface area contributed by atoms with Gasteiger partial charge in [0.15, 0.2) is 0 Å². The molecule has 2 rings (SSSR count). The number of halogens is 1. The predicted molar refractivity (Wildman–Crippen MR) is 89.6 cm³/mol. The third-order valence-corrected chi connectivity index (χ3v) is 4.31. The van der Waals surface area contributed by atoms with Crippen molar-refractivity contribution in [3.05, 3.63) is 65.5 Å². The maximum atomic E-state index is 13.4. The van der Waals surface area contributed by atoms with Crippen molar-refractivity contribution in [3.63, 3.8) is 0 Å². The van der Waals surface area contributed by atoms with E-state index in [4.69, 9.17) is 0 Å². The molecule has 2 nitrogen and oxygen atoms in total. The number of carbonyl (C=O) groups excluding carboxylic acids is 1. The number of hydrogen-bond acceptors (Lipinski definition) is 2. The molecule has 2 aromatic rings. The summed E-state index contributed by atoms with van der Waals surface area (Å²) in [6, 6.07) is 14.9. The highest BCUT2D eigenvalue weighted by Crippen LogP contribution is 2.17. The molecule has 0 saturated carbocycles. The van der Waals surface area contributed by atoms with Crippen LogP contribution in [-0.4, -0.2) is 18.2 Å². The summed E-state index contributed by atoms with van der Waals surface area (Å²) in [6.45, 7) is 2.68. The molecule has 0 radical (unpaired) electrons. The standard InChI is InChI=1S/C18H20FNOS/c1-14-6-9-16(10-7-14)22-13-12-20-18(21)11-8-15-4-2-3-5-17(15)19/h2-7,9-10H,8,11-13H2,1H3,(H,20,21). The Morgan fingerprint density at radius 3 is 2.59 bits per heavy atom. The molecule has 0 aromatic heterocycles. The first-order chi connectivity index (χ1) is 10.6. The first-order valence-electron chi connectivity index (χ1n) is 7.35. The third-order valence-electron chi connectivity index (χ3n) is 3.29. The van der Waals surface area contributed by atoms with Crippen LogP contribution in [0.3, 0.4) is 0 Å². The molecule has 0 fully saturated rings. The summed E-state index contributed by atoms with van der Waals surface area (Å²) in [5.74, 6) is 0.548. The second kappa shape index (κ2) is 8.59. The zero-order valence-corrected chi connectivity index (χ0v) is 13.5. The molecule has 116 valence electrons. The van der Waals surface area contributed by atoms with E-state index in [2.05, 4.69) is 36.5 Å². The van der Waals surface area contributed by atoms with E-state index in [1.807, 2.05) is 0 Å². The fourth-order valence-corrected chi connectivity index (χ4v) is 2.80. The Hall–Kier alpha value is -1.81. The van der Waals surface area contributed by atoms with Crippen molar-refractivity contribution in [2.75, 3.05) is 12.3 Å². The van der Waals surface area contributed by atoms with Crippen LogP contribution >= 0.6 is 11.8 Å².